The van der Waals surface area contributed by atoms with Crippen molar-refractivity contribution in [3.63, 3.8) is 0 Å². The van der Waals surface area contributed by atoms with Crippen LogP contribution in [0.25, 0.3) is 0 Å². The van der Waals surface area contributed by atoms with Crippen molar-refractivity contribution < 1.29 is 5.11 Å². The number of hydrogen-bond donors (Lipinski definition) is 2. The standard InChI is InChI=1S/C13H18ClNO/c14-12-4-1-3-10(7-12)11(9-16)8-15-13-5-2-6-13/h1,3-4,7,11,13,15-16H,2,5-6,8-9H2. The molecule has 1 aliphatic carbocycles. The first-order valence-corrected chi connectivity index (χ1v) is 6.27. The van der Waals surface area contributed by atoms with Crippen LogP contribution in [-0.4, -0.2) is 24.3 Å². The van der Waals surface area contributed by atoms with Crippen LogP contribution < -0.4 is 5.32 Å². The van der Waals surface area contributed by atoms with Gasteiger partial charge in [0.05, 0.1) is 6.61 Å². The maximum atomic E-state index is 9.39. The van der Waals surface area contributed by atoms with E-state index in [0.717, 1.165) is 17.1 Å². The van der Waals surface area contributed by atoms with Gasteiger partial charge in [-0.05, 0) is 30.5 Å². The van der Waals surface area contributed by atoms with Crippen LogP contribution in [0.5, 0.6) is 0 Å². The van der Waals surface area contributed by atoms with Gasteiger partial charge in [-0.2, -0.15) is 0 Å². The first kappa shape index (κ1) is 11.9. The van der Waals surface area contributed by atoms with Crippen molar-refractivity contribution in [3.05, 3.63) is 34.9 Å². The van der Waals surface area contributed by atoms with E-state index in [4.69, 9.17) is 11.6 Å². The highest BCUT2D eigenvalue weighted by molar-refractivity contribution is 6.30. The molecule has 0 aliphatic heterocycles. The fourth-order valence-electron chi connectivity index (χ4n) is 1.97. The van der Waals surface area contributed by atoms with Crippen LogP contribution in [0.4, 0.5) is 0 Å². The predicted molar refractivity (Wildman–Crippen MR) is 66.9 cm³/mol. The number of rotatable bonds is 5. The summed E-state index contributed by atoms with van der Waals surface area (Å²) in [4.78, 5) is 0. The van der Waals surface area contributed by atoms with Crippen LogP contribution in [0.15, 0.2) is 24.3 Å². The van der Waals surface area contributed by atoms with Gasteiger partial charge in [0.25, 0.3) is 0 Å². The Morgan fingerprint density at radius 3 is 2.81 bits per heavy atom. The third-order valence-electron chi connectivity index (χ3n) is 3.30. The molecule has 1 saturated carbocycles. The smallest absolute Gasteiger partial charge is 0.0511 e. The molecule has 2 rings (SSSR count). The van der Waals surface area contributed by atoms with Crippen LogP contribution in [0.3, 0.4) is 0 Å². The lowest BCUT2D eigenvalue weighted by Gasteiger charge is -2.28. The topological polar surface area (TPSA) is 32.3 Å². The van der Waals surface area contributed by atoms with Gasteiger partial charge >= 0.3 is 0 Å². The zero-order valence-corrected chi connectivity index (χ0v) is 10.1. The van der Waals surface area contributed by atoms with Gasteiger partial charge < -0.3 is 10.4 Å². The number of aliphatic hydroxyl groups excluding tert-OH is 1. The summed E-state index contributed by atoms with van der Waals surface area (Å²) in [6, 6.07) is 8.41. The summed E-state index contributed by atoms with van der Waals surface area (Å²) in [5.74, 6) is 0.152. The molecule has 1 atom stereocenters. The summed E-state index contributed by atoms with van der Waals surface area (Å²) in [6.07, 6.45) is 3.88. The summed E-state index contributed by atoms with van der Waals surface area (Å²) in [5, 5.41) is 13.6. The first-order chi connectivity index (χ1) is 7.79. The molecule has 0 spiro atoms. The Balaban J connectivity index is 1.92. The minimum Gasteiger partial charge on any atom is -0.396 e. The molecule has 2 nitrogen and oxygen atoms in total. The fourth-order valence-corrected chi connectivity index (χ4v) is 2.17. The normalized spacial score (nSPS) is 18.1. The van der Waals surface area contributed by atoms with Gasteiger partial charge in [0.2, 0.25) is 0 Å². The van der Waals surface area contributed by atoms with Gasteiger partial charge in [0.1, 0.15) is 0 Å². The monoisotopic (exact) mass is 239 g/mol. The Labute approximate surface area is 102 Å². The summed E-state index contributed by atoms with van der Waals surface area (Å²) in [7, 11) is 0. The summed E-state index contributed by atoms with van der Waals surface area (Å²) >= 11 is 5.95. The van der Waals surface area contributed by atoms with Crippen molar-refractivity contribution in [2.24, 2.45) is 0 Å². The SMILES string of the molecule is OCC(CNC1CCC1)c1cccc(Cl)c1. The predicted octanol–water partition coefficient (Wildman–Crippen LogP) is 2.56. The third-order valence-corrected chi connectivity index (χ3v) is 3.53. The van der Waals surface area contributed by atoms with Crippen LogP contribution in [0, 0.1) is 0 Å². The molecular weight excluding hydrogens is 222 g/mol. The number of aliphatic hydroxyl groups is 1. The van der Waals surface area contributed by atoms with E-state index in [1.165, 1.54) is 19.3 Å². The van der Waals surface area contributed by atoms with Gasteiger partial charge in [0, 0.05) is 23.5 Å². The second-order valence-corrected chi connectivity index (χ2v) is 4.91. The van der Waals surface area contributed by atoms with Crippen LogP contribution in [0.2, 0.25) is 5.02 Å². The average Bonchev–Trinajstić information content (AvgIpc) is 2.22. The largest absolute Gasteiger partial charge is 0.396 e. The minimum atomic E-state index is 0.152. The molecule has 3 heteroatoms. The van der Waals surface area contributed by atoms with Crippen molar-refractivity contribution in [1.82, 2.24) is 5.32 Å². The Morgan fingerprint density at radius 2 is 2.25 bits per heavy atom. The summed E-state index contributed by atoms with van der Waals surface area (Å²) < 4.78 is 0. The van der Waals surface area contributed by atoms with Gasteiger partial charge in [-0.3, -0.25) is 0 Å². The van der Waals surface area contributed by atoms with E-state index >= 15 is 0 Å². The van der Waals surface area contributed by atoms with Gasteiger partial charge in [-0.25, -0.2) is 0 Å². The molecule has 0 radical (unpaired) electrons. The maximum absolute atomic E-state index is 9.39. The molecule has 0 heterocycles. The lowest BCUT2D eigenvalue weighted by molar-refractivity contribution is 0.247. The molecule has 2 N–H and O–H groups in total. The highest BCUT2D eigenvalue weighted by atomic mass is 35.5. The minimum absolute atomic E-state index is 0.152. The second kappa shape index (κ2) is 5.67. The van der Waals surface area contributed by atoms with Crippen LogP contribution >= 0.6 is 11.6 Å². The Kier molecular flexibility index (Phi) is 4.22. The molecule has 1 aromatic rings. The quantitative estimate of drug-likeness (QED) is 0.828. The molecule has 1 fully saturated rings. The summed E-state index contributed by atoms with van der Waals surface area (Å²) in [5.41, 5.74) is 1.11. The van der Waals surface area contributed by atoms with Gasteiger partial charge in [0.15, 0.2) is 0 Å². The van der Waals surface area contributed by atoms with Crippen molar-refractivity contribution in [1.29, 1.82) is 0 Å². The lowest BCUT2D eigenvalue weighted by Crippen LogP contribution is -2.38. The van der Waals surface area contributed by atoms with E-state index in [-0.39, 0.29) is 12.5 Å². The van der Waals surface area contributed by atoms with Crippen molar-refractivity contribution in [3.8, 4) is 0 Å². The molecule has 0 aromatic heterocycles. The van der Waals surface area contributed by atoms with E-state index in [0.29, 0.717) is 6.04 Å². The van der Waals surface area contributed by atoms with E-state index in [1.807, 2.05) is 24.3 Å². The number of benzene rings is 1. The molecule has 1 unspecified atom stereocenters. The van der Waals surface area contributed by atoms with E-state index in [2.05, 4.69) is 5.32 Å². The van der Waals surface area contributed by atoms with Crippen molar-refractivity contribution in [2.45, 2.75) is 31.2 Å². The van der Waals surface area contributed by atoms with Crippen molar-refractivity contribution >= 4 is 11.6 Å². The Morgan fingerprint density at radius 1 is 1.44 bits per heavy atom. The van der Waals surface area contributed by atoms with E-state index in [1.54, 1.807) is 0 Å². The molecule has 1 aliphatic rings. The second-order valence-electron chi connectivity index (χ2n) is 4.47. The highest BCUT2D eigenvalue weighted by Crippen LogP contribution is 2.22. The zero-order valence-electron chi connectivity index (χ0n) is 9.32. The maximum Gasteiger partial charge on any atom is 0.0511 e. The molecular formula is C13H18ClNO. The zero-order chi connectivity index (χ0) is 11.4. The fraction of sp³-hybridized carbons (Fsp3) is 0.538. The molecule has 0 amide bonds. The highest BCUT2D eigenvalue weighted by Gasteiger charge is 2.19. The molecule has 16 heavy (non-hydrogen) atoms. The Hall–Kier alpha value is -0.570. The van der Waals surface area contributed by atoms with Gasteiger partial charge in [-0.1, -0.05) is 30.2 Å². The first-order valence-electron chi connectivity index (χ1n) is 5.89. The van der Waals surface area contributed by atoms with E-state index in [9.17, 15) is 5.11 Å². The third kappa shape index (κ3) is 2.97. The molecule has 1 aromatic carbocycles. The van der Waals surface area contributed by atoms with Crippen LogP contribution in [0.1, 0.15) is 30.7 Å². The lowest BCUT2D eigenvalue weighted by atomic mass is 9.92. The molecule has 88 valence electrons. The number of nitrogens with one attached hydrogen (secondary N) is 1. The van der Waals surface area contributed by atoms with Crippen molar-refractivity contribution in [2.75, 3.05) is 13.2 Å². The number of halogens is 1. The molecule has 0 bridgehead atoms. The average molecular weight is 240 g/mol. The van der Waals surface area contributed by atoms with Crippen LogP contribution in [-0.2, 0) is 0 Å². The molecule has 0 saturated heterocycles. The Bertz CT molecular complexity index is 338. The number of hydrogen-bond acceptors (Lipinski definition) is 2. The summed E-state index contributed by atoms with van der Waals surface area (Å²) in [6.45, 7) is 1.00. The van der Waals surface area contributed by atoms with Gasteiger partial charge in [-0.15, -0.1) is 0 Å². The van der Waals surface area contributed by atoms with E-state index < -0.39 is 0 Å².